The highest BCUT2D eigenvalue weighted by atomic mass is 14.6. The van der Waals surface area contributed by atoms with E-state index in [1.807, 2.05) is 13.8 Å². The first-order valence-electron chi connectivity index (χ1n) is 9.36. The van der Waals surface area contributed by atoms with E-state index in [1.165, 1.54) is 23.1 Å². The monoisotopic (exact) mass is 319 g/mol. The van der Waals surface area contributed by atoms with E-state index in [0.29, 0.717) is 5.92 Å². The Morgan fingerprint density at radius 3 is 1.57 bits per heavy atom. The Kier molecular flexibility index (Phi) is 8.56. The summed E-state index contributed by atoms with van der Waals surface area (Å²) in [6, 6.07) is 7.15. The molecule has 0 radical (unpaired) electrons. The molecule has 0 aliphatic rings. The number of hydrogen-bond donors (Lipinski definition) is 1. The normalized spacial score (nSPS) is 14.7. The van der Waals surface area contributed by atoms with E-state index in [9.17, 15) is 0 Å². The van der Waals surface area contributed by atoms with E-state index in [0.717, 1.165) is 6.42 Å². The standard InChI is InChI=1S/C20H35N.C2H6/c1-9-14(2)10-18(21)15-11-16(19(3,4)5)13-17(12-15)20(6,7)8;1-2/h11-14,18H,9-10,21H2,1-8H3;1-2H3. The second-order valence-corrected chi connectivity index (χ2v) is 8.70. The molecule has 1 aromatic carbocycles. The molecule has 1 heteroatoms. The molecule has 0 aromatic heterocycles. The van der Waals surface area contributed by atoms with Crippen molar-refractivity contribution in [3.05, 3.63) is 34.9 Å². The summed E-state index contributed by atoms with van der Waals surface area (Å²) in [4.78, 5) is 0. The Balaban J connectivity index is 0.00000232. The Labute approximate surface area is 146 Å². The maximum Gasteiger partial charge on any atom is 0.0297 e. The molecular weight excluding hydrogens is 278 g/mol. The van der Waals surface area contributed by atoms with Gasteiger partial charge in [0.05, 0.1) is 0 Å². The highest BCUT2D eigenvalue weighted by Gasteiger charge is 2.22. The molecule has 2 atom stereocenters. The van der Waals surface area contributed by atoms with E-state index >= 15 is 0 Å². The van der Waals surface area contributed by atoms with Crippen molar-refractivity contribution in [3.8, 4) is 0 Å². The van der Waals surface area contributed by atoms with Gasteiger partial charge in [-0.2, -0.15) is 0 Å². The van der Waals surface area contributed by atoms with Crippen LogP contribution in [0.25, 0.3) is 0 Å². The lowest BCUT2D eigenvalue weighted by molar-refractivity contribution is 0.459. The smallest absolute Gasteiger partial charge is 0.0297 e. The molecule has 0 fully saturated rings. The van der Waals surface area contributed by atoms with Crippen LogP contribution in [0.3, 0.4) is 0 Å². The molecule has 2 unspecified atom stereocenters. The van der Waals surface area contributed by atoms with Gasteiger partial charge in [0.25, 0.3) is 0 Å². The first kappa shape index (κ1) is 22.2. The molecule has 0 amide bonds. The number of benzene rings is 1. The van der Waals surface area contributed by atoms with Gasteiger partial charge < -0.3 is 5.73 Å². The van der Waals surface area contributed by atoms with E-state index in [4.69, 9.17) is 5.73 Å². The van der Waals surface area contributed by atoms with Crippen molar-refractivity contribution >= 4 is 0 Å². The minimum atomic E-state index is 0.142. The fraction of sp³-hybridized carbons (Fsp3) is 0.727. The Bertz CT molecular complexity index is 428. The molecule has 134 valence electrons. The second-order valence-electron chi connectivity index (χ2n) is 8.70. The molecule has 2 N–H and O–H groups in total. The third kappa shape index (κ3) is 7.08. The molecular formula is C22H41N. The first-order chi connectivity index (χ1) is 10.4. The third-order valence-corrected chi connectivity index (χ3v) is 4.47. The zero-order valence-corrected chi connectivity index (χ0v) is 17.4. The fourth-order valence-electron chi connectivity index (χ4n) is 2.47. The quantitative estimate of drug-likeness (QED) is 0.653. The van der Waals surface area contributed by atoms with Crippen molar-refractivity contribution in [2.24, 2.45) is 11.7 Å². The average molecular weight is 320 g/mol. The van der Waals surface area contributed by atoms with Crippen molar-refractivity contribution in [3.63, 3.8) is 0 Å². The van der Waals surface area contributed by atoms with E-state index in [2.05, 4.69) is 73.6 Å². The zero-order valence-electron chi connectivity index (χ0n) is 17.4. The summed E-state index contributed by atoms with van der Waals surface area (Å²) in [5.41, 5.74) is 10.9. The molecule has 0 spiro atoms. The SMILES string of the molecule is CC.CCC(C)CC(N)c1cc(C(C)(C)C)cc(C(C)(C)C)c1. The van der Waals surface area contributed by atoms with Crippen LogP contribution in [0, 0.1) is 5.92 Å². The summed E-state index contributed by atoms with van der Waals surface area (Å²) in [7, 11) is 0. The van der Waals surface area contributed by atoms with Gasteiger partial charge in [-0.15, -0.1) is 0 Å². The fourth-order valence-corrected chi connectivity index (χ4v) is 2.47. The average Bonchev–Trinajstić information content (AvgIpc) is 2.46. The summed E-state index contributed by atoms with van der Waals surface area (Å²) in [5, 5.41) is 0. The van der Waals surface area contributed by atoms with Gasteiger partial charge in [0, 0.05) is 6.04 Å². The van der Waals surface area contributed by atoms with Crippen LogP contribution < -0.4 is 5.73 Å². The summed E-state index contributed by atoms with van der Waals surface area (Å²) >= 11 is 0. The predicted molar refractivity (Wildman–Crippen MR) is 106 cm³/mol. The third-order valence-electron chi connectivity index (χ3n) is 4.47. The van der Waals surface area contributed by atoms with Gasteiger partial charge in [0.15, 0.2) is 0 Å². The van der Waals surface area contributed by atoms with Gasteiger partial charge in [0.2, 0.25) is 0 Å². The minimum absolute atomic E-state index is 0.142. The number of rotatable bonds is 4. The van der Waals surface area contributed by atoms with Crippen LogP contribution in [-0.4, -0.2) is 0 Å². The molecule has 0 bridgehead atoms. The molecule has 0 aliphatic carbocycles. The van der Waals surface area contributed by atoms with Crippen LogP contribution >= 0.6 is 0 Å². The maximum absolute atomic E-state index is 6.50. The molecule has 0 heterocycles. The van der Waals surface area contributed by atoms with Gasteiger partial charge in [-0.25, -0.2) is 0 Å². The highest BCUT2D eigenvalue weighted by Crippen LogP contribution is 2.33. The maximum atomic E-state index is 6.50. The minimum Gasteiger partial charge on any atom is -0.324 e. The lowest BCUT2D eigenvalue weighted by Gasteiger charge is -2.28. The van der Waals surface area contributed by atoms with Gasteiger partial charge in [-0.3, -0.25) is 0 Å². The van der Waals surface area contributed by atoms with Crippen molar-refractivity contribution in [2.45, 2.75) is 99.0 Å². The van der Waals surface area contributed by atoms with Crippen molar-refractivity contribution < 1.29 is 0 Å². The highest BCUT2D eigenvalue weighted by molar-refractivity contribution is 5.38. The summed E-state index contributed by atoms with van der Waals surface area (Å²) in [6.45, 7) is 22.2. The molecule has 0 saturated heterocycles. The van der Waals surface area contributed by atoms with Crippen LogP contribution in [0.1, 0.15) is 105 Å². The topological polar surface area (TPSA) is 26.0 Å². The molecule has 1 nitrogen and oxygen atoms in total. The Morgan fingerprint density at radius 2 is 1.26 bits per heavy atom. The zero-order chi connectivity index (χ0) is 18.4. The van der Waals surface area contributed by atoms with Crippen molar-refractivity contribution in [2.75, 3.05) is 0 Å². The molecule has 1 aromatic rings. The molecule has 1 rings (SSSR count). The van der Waals surface area contributed by atoms with Crippen LogP contribution in [-0.2, 0) is 10.8 Å². The molecule has 0 saturated carbocycles. The second kappa shape index (κ2) is 8.87. The van der Waals surface area contributed by atoms with E-state index < -0.39 is 0 Å². The predicted octanol–water partition coefficient (Wildman–Crippen LogP) is 6.74. The van der Waals surface area contributed by atoms with Gasteiger partial charge in [-0.1, -0.05) is 93.9 Å². The summed E-state index contributed by atoms with van der Waals surface area (Å²) < 4.78 is 0. The van der Waals surface area contributed by atoms with Gasteiger partial charge >= 0.3 is 0 Å². The van der Waals surface area contributed by atoms with Crippen LogP contribution in [0.2, 0.25) is 0 Å². The summed E-state index contributed by atoms with van der Waals surface area (Å²) in [5.74, 6) is 0.677. The van der Waals surface area contributed by atoms with Gasteiger partial charge in [-0.05, 0) is 39.9 Å². The van der Waals surface area contributed by atoms with Crippen molar-refractivity contribution in [1.29, 1.82) is 0 Å². The number of nitrogens with two attached hydrogens (primary N) is 1. The molecule has 0 aliphatic heterocycles. The Morgan fingerprint density at radius 1 is 0.870 bits per heavy atom. The van der Waals surface area contributed by atoms with Crippen LogP contribution in [0.4, 0.5) is 0 Å². The van der Waals surface area contributed by atoms with Crippen LogP contribution in [0.15, 0.2) is 18.2 Å². The van der Waals surface area contributed by atoms with Crippen molar-refractivity contribution in [1.82, 2.24) is 0 Å². The Hall–Kier alpha value is -0.820. The molecule has 23 heavy (non-hydrogen) atoms. The van der Waals surface area contributed by atoms with Gasteiger partial charge in [0.1, 0.15) is 0 Å². The lowest BCUT2D eigenvalue weighted by Crippen LogP contribution is -2.20. The summed E-state index contributed by atoms with van der Waals surface area (Å²) in [6.07, 6.45) is 2.26. The largest absolute Gasteiger partial charge is 0.324 e. The van der Waals surface area contributed by atoms with E-state index in [-0.39, 0.29) is 16.9 Å². The van der Waals surface area contributed by atoms with Crippen LogP contribution in [0.5, 0.6) is 0 Å². The van der Waals surface area contributed by atoms with E-state index in [1.54, 1.807) is 0 Å². The first-order valence-corrected chi connectivity index (χ1v) is 9.36. The lowest BCUT2D eigenvalue weighted by atomic mass is 9.78. The number of hydrogen-bond acceptors (Lipinski definition) is 1.